The van der Waals surface area contributed by atoms with Gasteiger partial charge in [-0.05, 0) is 125 Å². The Morgan fingerprint density at radius 3 is 1.84 bits per heavy atom. The molecular formula is C76H110F8N12O13. The Hall–Kier alpha value is -8.56. The zero-order valence-corrected chi connectivity index (χ0v) is 64.7. The molecule has 0 aromatic heterocycles. The summed E-state index contributed by atoms with van der Waals surface area (Å²) in [5.74, 6) is -23.4. The van der Waals surface area contributed by atoms with Crippen molar-refractivity contribution in [2.45, 2.75) is 213 Å². The van der Waals surface area contributed by atoms with Gasteiger partial charge in [-0.1, -0.05) is 111 Å². The average Bonchev–Trinajstić information content (AvgIpc) is 1.00. The summed E-state index contributed by atoms with van der Waals surface area (Å²) in [4.78, 5) is 143. The van der Waals surface area contributed by atoms with E-state index in [1.807, 2.05) is 90.9 Å². The number of ether oxygens (including phenoxy) is 3. The van der Waals surface area contributed by atoms with Gasteiger partial charge in [0.1, 0.15) is 24.2 Å². The lowest BCUT2D eigenvalue weighted by Gasteiger charge is -2.41. The Balaban J connectivity index is 1.19. The van der Waals surface area contributed by atoms with Gasteiger partial charge in [-0.15, -0.1) is 0 Å². The smallest absolute Gasteiger partial charge is 0.404 e. The van der Waals surface area contributed by atoms with Crippen molar-refractivity contribution in [1.29, 1.82) is 0 Å². The highest BCUT2D eigenvalue weighted by Gasteiger charge is 2.49. The van der Waals surface area contributed by atoms with Crippen LogP contribution < -0.4 is 47.7 Å². The largest absolute Gasteiger partial charge is 0.420 e. The Morgan fingerprint density at radius 2 is 1.28 bits per heavy atom. The highest BCUT2D eigenvalue weighted by atomic mass is 19.4. The van der Waals surface area contributed by atoms with Crippen LogP contribution in [-0.4, -0.2) is 207 Å². The quantitative estimate of drug-likeness (QED) is 0.00672. The maximum absolute atomic E-state index is 14.6. The van der Waals surface area contributed by atoms with E-state index in [0.29, 0.717) is 31.4 Å². The molecule has 0 aliphatic carbocycles. The Morgan fingerprint density at radius 1 is 0.661 bits per heavy atom. The number of nitrogens with two attached hydrogens (primary N) is 1. The van der Waals surface area contributed by atoms with Crippen LogP contribution in [0.15, 0.2) is 54.6 Å². The van der Waals surface area contributed by atoms with Crippen molar-refractivity contribution in [1.82, 2.24) is 51.5 Å². The number of urea groups is 1. The maximum atomic E-state index is 14.6. The van der Waals surface area contributed by atoms with Gasteiger partial charge in [0.05, 0.1) is 48.6 Å². The van der Waals surface area contributed by atoms with Crippen molar-refractivity contribution in [3.63, 3.8) is 0 Å². The Bertz CT molecular complexity index is 3530. The van der Waals surface area contributed by atoms with Gasteiger partial charge in [0, 0.05) is 65.5 Å². The third kappa shape index (κ3) is 26.0. The van der Waals surface area contributed by atoms with Gasteiger partial charge in [0.25, 0.3) is 0 Å². The summed E-state index contributed by atoms with van der Waals surface area (Å²) in [5.41, 5.74) is 6.97. The third-order valence-corrected chi connectivity index (χ3v) is 20.3. The van der Waals surface area contributed by atoms with E-state index in [0.717, 1.165) is 10.5 Å². The fourth-order valence-corrected chi connectivity index (χ4v) is 14.2. The molecule has 3 aromatic rings. The van der Waals surface area contributed by atoms with Gasteiger partial charge in [-0.3, -0.25) is 53.0 Å². The summed E-state index contributed by atoms with van der Waals surface area (Å²) in [5, 5.41) is 19.4. The predicted molar refractivity (Wildman–Crippen MR) is 390 cm³/mol. The van der Waals surface area contributed by atoms with Crippen LogP contribution in [0.5, 0.6) is 5.75 Å². The van der Waals surface area contributed by atoms with Gasteiger partial charge in [-0.2, -0.15) is 22.0 Å². The molecule has 2 saturated heterocycles. The van der Waals surface area contributed by atoms with E-state index in [1.165, 1.54) is 14.2 Å². The first-order chi connectivity index (χ1) is 51.3. The van der Waals surface area contributed by atoms with Crippen LogP contribution in [0.1, 0.15) is 144 Å². The molecule has 2 fully saturated rings. The molecule has 10 amide bonds. The number of alkyl halides is 3. The molecule has 25 nitrogen and oxygen atoms in total. The van der Waals surface area contributed by atoms with E-state index in [2.05, 4.69) is 42.0 Å². The second-order valence-corrected chi connectivity index (χ2v) is 29.6. The minimum Gasteiger partial charge on any atom is -0.420 e. The Kier molecular flexibility index (Phi) is 35.6. The predicted octanol–water partition coefficient (Wildman–Crippen LogP) is 7.80. The minimum atomic E-state index is -4.99. The second kappa shape index (κ2) is 42.6. The molecule has 0 bridgehead atoms. The van der Waals surface area contributed by atoms with E-state index in [-0.39, 0.29) is 106 Å². The number of nitrogens with zero attached hydrogens (tertiary/aromatic N) is 4. The van der Waals surface area contributed by atoms with E-state index >= 15 is 0 Å². The number of likely N-dealkylation sites (tertiary alicyclic amines) is 2. The number of hydrogen-bond acceptors (Lipinski definition) is 15. The fraction of sp³-hybridized carbons (Fsp3) is 0.632. The molecule has 5 rings (SSSR count). The summed E-state index contributed by atoms with van der Waals surface area (Å²) in [6, 6.07) is 6.80. The molecular weight excluding hydrogens is 1440 g/mol. The van der Waals surface area contributed by atoms with Crippen molar-refractivity contribution >= 4 is 64.9 Å². The topological polar surface area (TPSA) is 322 Å². The molecule has 2 aliphatic rings. The lowest BCUT2D eigenvalue weighted by Crippen LogP contribution is -2.59. The molecule has 2 aliphatic heterocycles. The van der Waals surface area contributed by atoms with Crippen molar-refractivity contribution in [2.75, 3.05) is 66.9 Å². The van der Waals surface area contributed by atoms with E-state index < -0.39 is 180 Å². The number of piperidine rings is 1. The highest BCUT2D eigenvalue weighted by Crippen LogP contribution is 2.38. The third-order valence-electron chi connectivity index (χ3n) is 20.3. The SMILES string of the molecule is CC[C@H](C)[C@@H]([C@@H](CC(=O)N1CCC[C@H]1[C@H](OC)[C@@H](C)C(=O)N[C@H](CC(=O)NCc1ccc(NC(=O)[C@H](CCCNC(N)=O)NC(=O)[C@@H](NC(=O)CCCN2CCC(C(=O)Oc3c(F)c(F)c(F)c(F)c3F)CC2C(F)(F)F)C(C)C)cc1)Cc1ccccc1)OC)N(C)C(=O)[C@@H](NC(=O)[C@H](C(C)C)N(C)C)C(C)C. The normalized spacial score (nSPS) is 18.3. The average molecular weight is 1550 g/mol. The number of esters is 1. The van der Waals surface area contributed by atoms with Crippen LogP contribution in [0.4, 0.5) is 45.6 Å². The number of nitrogens with one attached hydrogen (secondary N) is 7. The van der Waals surface area contributed by atoms with Crippen molar-refractivity contribution in [2.24, 2.45) is 41.2 Å². The van der Waals surface area contributed by atoms with Gasteiger partial charge < -0.3 is 67.0 Å². The zero-order chi connectivity index (χ0) is 81.5. The van der Waals surface area contributed by atoms with Crippen LogP contribution >= 0.6 is 0 Å². The number of methoxy groups -OCH3 is 2. The van der Waals surface area contributed by atoms with Crippen LogP contribution in [0, 0.1) is 64.6 Å². The van der Waals surface area contributed by atoms with Crippen LogP contribution in [0.3, 0.4) is 0 Å². The van der Waals surface area contributed by atoms with E-state index in [9.17, 15) is 83.1 Å². The number of rotatable bonds is 40. The molecule has 33 heteroatoms. The maximum Gasteiger partial charge on any atom is 0.404 e. The first-order valence-electron chi connectivity index (χ1n) is 37.0. The van der Waals surface area contributed by atoms with Gasteiger partial charge in [0.2, 0.25) is 82.1 Å². The summed E-state index contributed by atoms with van der Waals surface area (Å²) in [6.45, 7) is 16.1. The minimum absolute atomic E-state index is 0.00917. The van der Waals surface area contributed by atoms with Gasteiger partial charge in [-0.25, -0.2) is 18.0 Å². The second-order valence-electron chi connectivity index (χ2n) is 29.6. The number of carbonyl (C=O) groups excluding carboxylic acids is 10. The fourth-order valence-electron chi connectivity index (χ4n) is 14.2. The molecule has 3 aromatic carbocycles. The summed E-state index contributed by atoms with van der Waals surface area (Å²) in [7, 11) is 8.32. The molecule has 608 valence electrons. The number of likely N-dealkylation sites (N-methyl/N-ethyl adjacent to an activating group) is 2. The summed E-state index contributed by atoms with van der Waals surface area (Å²) >= 11 is 0. The molecule has 2 unspecified atom stereocenters. The van der Waals surface area contributed by atoms with Gasteiger partial charge >= 0.3 is 18.2 Å². The number of primary amides is 1. The molecule has 109 heavy (non-hydrogen) atoms. The Labute approximate surface area is 632 Å². The molecule has 0 radical (unpaired) electrons. The van der Waals surface area contributed by atoms with E-state index in [1.54, 1.807) is 61.9 Å². The molecule has 9 N–H and O–H groups in total. The summed E-state index contributed by atoms with van der Waals surface area (Å²) < 4.78 is 129. The first-order valence-corrected chi connectivity index (χ1v) is 37.0. The monoisotopic (exact) mass is 1550 g/mol. The van der Waals surface area contributed by atoms with Crippen molar-refractivity contribution in [3.05, 3.63) is 94.8 Å². The van der Waals surface area contributed by atoms with Crippen LogP contribution in [-0.2, 0) is 65.6 Å². The number of carbonyl (C=O) groups is 10. The highest BCUT2D eigenvalue weighted by molar-refractivity contribution is 5.98. The summed E-state index contributed by atoms with van der Waals surface area (Å²) in [6.07, 6.45) is -6.57. The standard InChI is InChI=1S/C76H110F8N12O13/c1-15-44(8)66(94(12)73(104)64(42(4)5)92-72(103)65(43(6)7)93(10)11)53(107-13)39-57(99)96-34-20-25-52(96)67(108-14)45(9)69(100)89-50(36-46-22-17-16-18-23-46)38-56(98)87-40-47-27-29-49(30-28-47)88-70(101)51(24-19-32-86-75(85)106)90-71(102)63(41(2)3)91-55(97)26-21-33-95-35-31-48(37-54(95)76(82,83)84)74(105)109-68-61(80)59(78)58(77)60(79)62(68)81/h16-18,22-23,27-30,41-45,48,50-54,63-67H,15,19-21,24-26,31-40H2,1-14H3,(H,87,98)(H,88,101)(H,89,100)(H,90,102)(H,91,97)(H,92,103)(H3,85,86,106)/t44-,45+,48?,50-,51-,52-,53+,54?,63-,64-,65-,66-,67+/m0/s1. The molecule has 0 saturated carbocycles. The lowest BCUT2D eigenvalue weighted by atomic mass is 9.89. The molecule has 2 heterocycles. The van der Waals surface area contributed by atoms with Crippen LogP contribution in [0.25, 0.3) is 0 Å². The van der Waals surface area contributed by atoms with Crippen molar-refractivity contribution < 1.29 is 97.3 Å². The number of halogens is 8. The number of hydrogen-bond donors (Lipinski definition) is 8. The number of benzene rings is 3. The molecule has 13 atom stereocenters. The number of amides is 10. The lowest BCUT2D eigenvalue weighted by molar-refractivity contribution is -0.197. The van der Waals surface area contributed by atoms with Gasteiger partial charge in [0.15, 0.2) is 0 Å². The van der Waals surface area contributed by atoms with E-state index in [4.69, 9.17) is 15.2 Å². The first kappa shape index (κ1) is 91.1. The van der Waals surface area contributed by atoms with Crippen molar-refractivity contribution in [3.8, 4) is 5.75 Å². The zero-order valence-electron chi connectivity index (χ0n) is 64.7. The number of anilines is 1. The molecule has 0 spiro atoms. The van der Waals surface area contributed by atoms with Crippen LogP contribution in [0.2, 0.25) is 0 Å².